The lowest BCUT2D eigenvalue weighted by atomic mass is 10.0. The number of ether oxygens (including phenoxy) is 1. The van der Waals surface area contributed by atoms with E-state index in [4.69, 9.17) is 4.74 Å². The van der Waals surface area contributed by atoms with Crippen LogP contribution < -0.4 is 4.74 Å². The van der Waals surface area contributed by atoms with Gasteiger partial charge in [-0.15, -0.1) is 0 Å². The zero-order valence-electron chi connectivity index (χ0n) is 8.84. The second-order valence-corrected chi connectivity index (χ2v) is 3.20. The first-order chi connectivity index (χ1) is 6.61. The molecule has 0 spiro atoms. The largest absolute Gasteiger partial charge is 0.496 e. The van der Waals surface area contributed by atoms with Crippen LogP contribution in [0.1, 0.15) is 16.7 Å². The Morgan fingerprint density at radius 2 is 1.93 bits per heavy atom. The number of carbonyl (C=O) groups excluding carboxylic acids is 1. The molecule has 0 fully saturated rings. The van der Waals surface area contributed by atoms with Crippen LogP contribution in [0.15, 0.2) is 11.1 Å². The fourth-order valence-electron chi connectivity index (χ4n) is 1.52. The van der Waals surface area contributed by atoms with Gasteiger partial charge in [-0.2, -0.15) is 4.99 Å². The third-order valence-corrected chi connectivity index (χ3v) is 2.37. The van der Waals surface area contributed by atoms with E-state index in [0.717, 1.165) is 22.4 Å². The summed E-state index contributed by atoms with van der Waals surface area (Å²) in [6, 6.07) is 1.83. The molecular weight excluding hydrogens is 178 g/mol. The standard InChI is InChI=1S/C11H13NO2/c1-7-5-10(12-6-13)8(2)9(3)11(7)14-4/h5H,1-4H3. The molecule has 1 aromatic carbocycles. The lowest BCUT2D eigenvalue weighted by molar-refractivity contribution is 0.408. The maximum Gasteiger partial charge on any atom is 0.240 e. The molecule has 0 saturated carbocycles. The van der Waals surface area contributed by atoms with Crippen molar-refractivity contribution in [3.05, 3.63) is 22.8 Å². The van der Waals surface area contributed by atoms with Crippen molar-refractivity contribution in [1.29, 1.82) is 0 Å². The van der Waals surface area contributed by atoms with Crippen LogP contribution in [0.25, 0.3) is 0 Å². The predicted octanol–water partition coefficient (Wildman–Crippen LogP) is 2.59. The Balaban J connectivity index is 3.47. The molecule has 0 amide bonds. The van der Waals surface area contributed by atoms with Gasteiger partial charge in [-0.05, 0) is 43.5 Å². The van der Waals surface area contributed by atoms with E-state index in [0.29, 0.717) is 5.69 Å². The summed E-state index contributed by atoms with van der Waals surface area (Å²) in [4.78, 5) is 13.8. The van der Waals surface area contributed by atoms with Crippen LogP contribution in [-0.2, 0) is 4.79 Å². The first-order valence-electron chi connectivity index (χ1n) is 4.34. The highest BCUT2D eigenvalue weighted by molar-refractivity contribution is 5.61. The van der Waals surface area contributed by atoms with E-state index in [1.165, 1.54) is 0 Å². The van der Waals surface area contributed by atoms with Crippen molar-refractivity contribution in [1.82, 2.24) is 0 Å². The second-order valence-electron chi connectivity index (χ2n) is 3.20. The Labute approximate surface area is 83.4 Å². The highest BCUT2D eigenvalue weighted by Crippen LogP contribution is 2.32. The molecule has 3 nitrogen and oxygen atoms in total. The van der Waals surface area contributed by atoms with Gasteiger partial charge in [0.1, 0.15) is 5.75 Å². The van der Waals surface area contributed by atoms with Crippen LogP contribution in [0.5, 0.6) is 5.75 Å². The lowest BCUT2D eigenvalue weighted by Crippen LogP contribution is -1.93. The molecule has 0 aliphatic heterocycles. The van der Waals surface area contributed by atoms with Crippen LogP contribution >= 0.6 is 0 Å². The number of isocyanates is 1. The highest BCUT2D eigenvalue weighted by Gasteiger charge is 2.09. The first-order valence-corrected chi connectivity index (χ1v) is 4.34. The van der Waals surface area contributed by atoms with Gasteiger partial charge in [0.2, 0.25) is 6.08 Å². The molecule has 0 heterocycles. The zero-order chi connectivity index (χ0) is 10.7. The van der Waals surface area contributed by atoms with E-state index >= 15 is 0 Å². The number of rotatable bonds is 2. The number of benzene rings is 1. The number of hydrogen-bond acceptors (Lipinski definition) is 3. The van der Waals surface area contributed by atoms with Crippen molar-refractivity contribution < 1.29 is 9.53 Å². The number of hydrogen-bond donors (Lipinski definition) is 0. The minimum Gasteiger partial charge on any atom is -0.496 e. The molecule has 0 bridgehead atoms. The van der Waals surface area contributed by atoms with E-state index in [2.05, 4.69) is 4.99 Å². The van der Waals surface area contributed by atoms with Gasteiger partial charge >= 0.3 is 0 Å². The molecule has 0 radical (unpaired) electrons. The molecule has 74 valence electrons. The molecule has 3 heteroatoms. The van der Waals surface area contributed by atoms with Gasteiger partial charge < -0.3 is 4.74 Å². The SMILES string of the molecule is COc1c(C)cc(N=C=O)c(C)c1C. The molecular formula is C11H13NO2. The van der Waals surface area contributed by atoms with E-state index in [-0.39, 0.29) is 0 Å². The van der Waals surface area contributed by atoms with Gasteiger partial charge in [0.05, 0.1) is 12.8 Å². The smallest absolute Gasteiger partial charge is 0.240 e. The van der Waals surface area contributed by atoms with Crippen LogP contribution in [0.4, 0.5) is 5.69 Å². The fraction of sp³-hybridized carbons (Fsp3) is 0.364. The quantitative estimate of drug-likeness (QED) is 0.532. The van der Waals surface area contributed by atoms with Crippen molar-refractivity contribution in [3.63, 3.8) is 0 Å². The summed E-state index contributed by atoms with van der Waals surface area (Å²) in [5.74, 6) is 0.854. The van der Waals surface area contributed by atoms with Gasteiger partial charge in [-0.25, -0.2) is 4.79 Å². The molecule has 0 aromatic heterocycles. The summed E-state index contributed by atoms with van der Waals surface area (Å²) < 4.78 is 5.25. The summed E-state index contributed by atoms with van der Waals surface area (Å²) in [5.41, 5.74) is 3.61. The van der Waals surface area contributed by atoms with E-state index < -0.39 is 0 Å². The molecule has 0 saturated heterocycles. The second kappa shape index (κ2) is 4.07. The molecule has 1 rings (SSSR count). The minimum atomic E-state index is 0.663. The third-order valence-electron chi connectivity index (χ3n) is 2.37. The number of aliphatic imine (C=N–C) groups is 1. The van der Waals surface area contributed by atoms with Gasteiger partial charge in [0.15, 0.2) is 0 Å². The number of nitrogens with zero attached hydrogens (tertiary/aromatic N) is 1. The summed E-state index contributed by atoms with van der Waals surface area (Å²) in [6.45, 7) is 5.79. The van der Waals surface area contributed by atoms with Crippen LogP contribution in [0, 0.1) is 20.8 Å². The van der Waals surface area contributed by atoms with Crippen LogP contribution in [0.3, 0.4) is 0 Å². The molecule has 0 atom stereocenters. The molecule has 0 aliphatic carbocycles. The van der Waals surface area contributed by atoms with Crippen LogP contribution in [0.2, 0.25) is 0 Å². The Hall–Kier alpha value is -1.60. The Kier molecular flexibility index (Phi) is 3.05. The average Bonchev–Trinajstić information content (AvgIpc) is 2.15. The van der Waals surface area contributed by atoms with Gasteiger partial charge in [0, 0.05) is 0 Å². The molecule has 14 heavy (non-hydrogen) atoms. The van der Waals surface area contributed by atoms with Crippen molar-refractivity contribution >= 4 is 11.8 Å². The topological polar surface area (TPSA) is 38.7 Å². The lowest BCUT2D eigenvalue weighted by Gasteiger charge is -2.12. The Bertz CT molecular complexity index is 404. The monoisotopic (exact) mass is 191 g/mol. The predicted molar refractivity (Wildman–Crippen MR) is 55.0 cm³/mol. The van der Waals surface area contributed by atoms with Gasteiger partial charge in [-0.3, -0.25) is 0 Å². The maximum atomic E-state index is 10.2. The van der Waals surface area contributed by atoms with E-state index in [1.807, 2.05) is 26.8 Å². The number of methoxy groups -OCH3 is 1. The van der Waals surface area contributed by atoms with Gasteiger partial charge in [0.25, 0.3) is 0 Å². The summed E-state index contributed by atoms with van der Waals surface area (Å²) >= 11 is 0. The third kappa shape index (κ3) is 1.68. The Morgan fingerprint density at radius 1 is 1.29 bits per heavy atom. The van der Waals surface area contributed by atoms with Gasteiger partial charge in [-0.1, -0.05) is 0 Å². The first kappa shape index (κ1) is 10.5. The average molecular weight is 191 g/mol. The summed E-state index contributed by atoms with van der Waals surface area (Å²) in [7, 11) is 1.64. The zero-order valence-corrected chi connectivity index (χ0v) is 8.84. The van der Waals surface area contributed by atoms with Crippen LogP contribution in [-0.4, -0.2) is 13.2 Å². The van der Waals surface area contributed by atoms with Crippen molar-refractivity contribution in [2.45, 2.75) is 20.8 Å². The van der Waals surface area contributed by atoms with E-state index in [9.17, 15) is 4.79 Å². The summed E-state index contributed by atoms with van der Waals surface area (Å²) in [5, 5.41) is 0. The molecule has 0 unspecified atom stereocenters. The number of aryl methyl sites for hydroxylation is 1. The highest BCUT2D eigenvalue weighted by atomic mass is 16.5. The maximum absolute atomic E-state index is 10.2. The van der Waals surface area contributed by atoms with Crippen molar-refractivity contribution in [3.8, 4) is 5.75 Å². The molecule has 0 aliphatic rings. The van der Waals surface area contributed by atoms with Crippen molar-refractivity contribution in [2.75, 3.05) is 7.11 Å². The van der Waals surface area contributed by atoms with E-state index in [1.54, 1.807) is 13.2 Å². The normalized spacial score (nSPS) is 9.43. The van der Waals surface area contributed by atoms with Crippen molar-refractivity contribution in [2.24, 2.45) is 4.99 Å². The Morgan fingerprint density at radius 3 is 2.43 bits per heavy atom. The molecule has 1 aromatic rings. The summed E-state index contributed by atoms with van der Waals surface area (Å²) in [6.07, 6.45) is 1.55. The molecule has 0 N–H and O–H groups in total. The fourth-order valence-corrected chi connectivity index (χ4v) is 1.52. The minimum absolute atomic E-state index is 0.663.